The average molecular weight is 457 g/mol. The number of benzene rings is 1. The topological polar surface area (TPSA) is 85.2 Å². The molecule has 158 valence electrons. The molecule has 2 heterocycles. The summed E-state index contributed by atoms with van der Waals surface area (Å²) in [7, 11) is -3.04. The number of hydrogen-bond donors (Lipinski definition) is 0. The number of thioether (sulfide) groups is 1. The van der Waals surface area contributed by atoms with Crippen LogP contribution in [0.4, 0.5) is 0 Å². The zero-order chi connectivity index (χ0) is 21.0. The second kappa shape index (κ2) is 9.49. The monoisotopic (exact) mass is 456 g/mol. The summed E-state index contributed by atoms with van der Waals surface area (Å²) in [5, 5.41) is 9.87. The summed E-state index contributed by atoms with van der Waals surface area (Å²) in [6, 6.07) is 7.17. The zero-order valence-electron chi connectivity index (χ0n) is 16.5. The van der Waals surface area contributed by atoms with Gasteiger partial charge in [-0.15, -0.1) is 10.2 Å². The summed E-state index contributed by atoms with van der Waals surface area (Å²) in [6.07, 6.45) is 1.31. The van der Waals surface area contributed by atoms with Crippen molar-refractivity contribution in [1.29, 1.82) is 0 Å². The molecule has 0 bridgehead atoms. The molecule has 1 amide bonds. The molecule has 7 nitrogen and oxygen atoms in total. The van der Waals surface area contributed by atoms with Crippen molar-refractivity contribution in [3.8, 4) is 11.4 Å². The summed E-state index contributed by atoms with van der Waals surface area (Å²) < 4.78 is 25.6. The Hall–Kier alpha value is -1.58. The number of nitrogens with zero attached hydrogens (tertiary/aromatic N) is 4. The minimum Gasteiger partial charge on any atom is -0.338 e. The summed E-state index contributed by atoms with van der Waals surface area (Å²) in [6.45, 7) is 5.22. The number of carbonyl (C=O) groups is 1. The molecule has 1 aliphatic heterocycles. The van der Waals surface area contributed by atoms with Crippen molar-refractivity contribution in [3.63, 3.8) is 0 Å². The first kappa shape index (κ1) is 22.1. The number of aromatic nitrogens is 3. The van der Waals surface area contributed by atoms with Crippen molar-refractivity contribution in [2.24, 2.45) is 0 Å². The minimum absolute atomic E-state index is 0.0577. The van der Waals surface area contributed by atoms with E-state index < -0.39 is 9.84 Å². The Morgan fingerprint density at radius 3 is 2.59 bits per heavy atom. The van der Waals surface area contributed by atoms with Gasteiger partial charge in [-0.25, -0.2) is 8.42 Å². The Labute approximate surface area is 180 Å². The van der Waals surface area contributed by atoms with Gasteiger partial charge in [0, 0.05) is 29.7 Å². The maximum absolute atomic E-state index is 12.9. The van der Waals surface area contributed by atoms with Crippen LogP contribution in [0.5, 0.6) is 0 Å². The van der Waals surface area contributed by atoms with Gasteiger partial charge in [0.05, 0.1) is 17.3 Å². The smallest absolute Gasteiger partial charge is 0.233 e. The maximum atomic E-state index is 12.9. The van der Waals surface area contributed by atoms with Crippen LogP contribution in [0.3, 0.4) is 0 Å². The van der Waals surface area contributed by atoms with Crippen LogP contribution < -0.4 is 0 Å². The van der Waals surface area contributed by atoms with Gasteiger partial charge in [0.2, 0.25) is 5.91 Å². The van der Waals surface area contributed by atoms with Gasteiger partial charge < -0.3 is 9.47 Å². The summed E-state index contributed by atoms with van der Waals surface area (Å²) >= 11 is 7.30. The van der Waals surface area contributed by atoms with E-state index in [1.54, 1.807) is 17.0 Å². The highest BCUT2D eigenvalue weighted by molar-refractivity contribution is 7.99. The van der Waals surface area contributed by atoms with Gasteiger partial charge in [-0.1, -0.05) is 30.3 Å². The third-order valence-electron chi connectivity index (χ3n) is 4.89. The van der Waals surface area contributed by atoms with Gasteiger partial charge in [0.15, 0.2) is 20.8 Å². The van der Waals surface area contributed by atoms with Gasteiger partial charge in [-0.2, -0.15) is 0 Å². The highest BCUT2D eigenvalue weighted by Crippen LogP contribution is 2.26. The van der Waals surface area contributed by atoms with Crippen LogP contribution in [0.25, 0.3) is 11.4 Å². The highest BCUT2D eigenvalue weighted by atomic mass is 35.5. The quantitative estimate of drug-likeness (QED) is 0.567. The third kappa shape index (κ3) is 5.32. The largest absolute Gasteiger partial charge is 0.338 e. The average Bonchev–Trinajstić information content (AvgIpc) is 3.27. The molecule has 1 fully saturated rings. The van der Waals surface area contributed by atoms with Gasteiger partial charge in [-0.3, -0.25) is 4.79 Å². The van der Waals surface area contributed by atoms with Crippen molar-refractivity contribution in [3.05, 3.63) is 29.3 Å². The van der Waals surface area contributed by atoms with Crippen LogP contribution in [0.2, 0.25) is 5.02 Å². The Morgan fingerprint density at radius 2 is 2.00 bits per heavy atom. The van der Waals surface area contributed by atoms with Crippen molar-refractivity contribution >= 4 is 39.1 Å². The predicted octanol–water partition coefficient (Wildman–Crippen LogP) is 3.14. The molecule has 1 atom stereocenters. The highest BCUT2D eigenvalue weighted by Gasteiger charge is 2.34. The molecular formula is C19H25ClN4O3S2. The number of sulfone groups is 1. The molecule has 1 aliphatic rings. The zero-order valence-corrected chi connectivity index (χ0v) is 18.9. The molecule has 1 aromatic heterocycles. The Bertz CT molecular complexity index is 960. The normalized spacial score (nSPS) is 18.1. The summed E-state index contributed by atoms with van der Waals surface area (Å²) in [4.78, 5) is 14.6. The first-order valence-electron chi connectivity index (χ1n) is 9.66. The predicted molar refractivity (Wildman–Crippen MR) is 116 cm³/mol. The molecule has 0 saturated carbocycles. The third-order valence-corrected chi connectivity index (χ3v) is 7.85. The molecule has 3 rings (SSSR count). The van der Waals surface area contributed by atoms with E-state index in [9.17, 15) is 13.2 Å². The van der Waals surface area contributed by atoms with Gasteiger partial charge >= 0.3 is 0 Å². The lowest BCUT2D eigenvalue weighted by molar-refractivity contribution is -0.130. The number of halogens is 1. The van der Waals surface area contributed by atoms with Crippen LogP contribution in [0.15, 0.2) is 29.4 Å². The molecule has 0 unspecified atom stereocenters. The second-order valence-electron chi connectivity index (χ2n) is 6.99. The van der Waals surface area contributed by atoms with E-state index in [1.807, 2.05) is 30.5 Å². The lowest BCUT2D eigenvalue weighted by Crippen LogP contribution is -2.42. The SMILES string of the molecule is CCCN(C(=O)CSc1nnc(-c2ccc(Cl)cc2)n1CC)[C@H]1CCS(=O)(=O)C1. The fourth-order valence-electron chi connectivity index (χ4n) is 3.48. The van der Waals surface area contributed by atoms with Gasteiger partial charge in [-0.05, 0) is 44.0 Å². The number of carbonyl (C=O) groups excluding carboxylic acids is 1. The van der Waals surface area contributed by atoms with E-state index in [0.29, 0.717) is 29.7 Å². The molecule has 0 N–H and O–H groups in total. The van der Waals surface area contributed by atoms with E-state index in [0.717, 1.165) is 17.8 Å². The molecule has 0 radical (unpaired) electrons. The number of amides is 1. The first-order valence-corrected chi connectivity index (χ1v) is 12.8. The number of rotatable bonds is 8. The molecule has 10 heteroatoms. The fourth-order valence-corrected chi connectivity index (χ4v) is 6.22. The first-order chi connectivity index (χ1) is 13.8. The van der Waals surface area contributed by atoms with E-state index in [-0.39, 0.29) is 29.2 Å². The molecule has 1 saturated heterocycles. The van der Waals surface area contributed by atoms with E-state index in [2.05, 4.69) is 10.2 Å². The summed E-state index contributed by atoms with van der Waals surface area (Å²) in [5.74, 6) is 1.10. The van der Waals surface area contributed by atoms with Crippen molar-refractivity contribution < 1.29 is 13.2 Å². The Balaban J connectivity index is 1.71. The van der Waals surface area contributed by atoms with Crippen molar-refractivity contribution in [2.45, 2.75) is 44.4 Å². The van der Waals surface area contributed by atoms with Crippen molar-refractivity contribution in [2.75, 3.05) is 23.8 Å². The fraction of sp³-hybridized carbons (Fsp3) is 0.526. The number of hydrogen-bond acceptors (Lipinski definition) is 6. The standard InChI is InChI=1S/C19H25ClN4O3S2/c1-3-10-24(16-9-11-29(26,27)13-16)17(25)12-28-19-22-21-18(23(19)4-2)14-5-7-15(20)8-6-14/h5-8,16H,3-4,9-13H2,1-2H3/t16-/m0/s1. The minimum atomic E-state index is -3.04. The summed E-state index contributed by atoms with van der Waals surface area (Å²) in [5.41, 5.74) is 0.908. The van der Waals surface area contributed by atoms with Crippen molar-refractivity contribution in [1.82, 2.24) is 19.7 Å². The van der Waals surface area contributed by atoms with Crippen LogP contribution in [-0.2, 0) is 21.2 Å². The van der Waals surface area contributed by atoms with Gasteiger partial charge in [0.25, 0.3) is 0 Å². The van der Waals surface area contributed by atoms with E-state index in [4.69, 9.17) is 11.6 Å². The van der Waals surface area contributed by atoms with Gasteiger partial charge in [0.1, 0.15) is 0 Å². The molecular weight excluding hydrogens is 432 g/mol. The van der Waals surface area contributed by atoms with Crippen LogP contribution in [0, 0.1) is 0 Å². The molecule has 0 spiro atoms. The lowest BCUT2D eigenvalue weighted by atomic mass is 10.2. The molecule has 1 aromatic carbocycles. The maximum Gasteiger partial charge on any atom is 0.233 e. The van der Waals surface area contributed by atoms with Crippen LogP contribution in [0.1, 0.15) is 26.7 Å². The Kier molecular flexibility index (Phi) is 7.23. The van der Waals surface area contributed by atoms with E-state index >= 15 is 0 Å². The lowest BCUT2D eigenvalue weighted by Gasteiger charge is -2.27. The van der Waals surface area contributed by atoms with Crippen LogP contribution >= 0.6 is 23.4 Å². The molecule has 0 aliphatic carbocycles. The second-order valence-corrected chi connectivity index (χ2v) is 10.6. The molecule has 29 heavy (non-hydrogen) atoms. The van der Waals surface area contributed by atoms with Crippen LogP contribution in [-0.4, -0.2) is 63.8 Å². The molecule has 2 aromatic rings. The Morgan fingerprint density at radius 1 is 1.28 bits per heavy atom. The van der Waals surface area contributed by atoms with E-state index in [1.165, 1.54) is 11.8 Å².